The molecule has 1 aliphatic carbocycles. The first-order valence-electron chi connectivity index (χ1n) is 8.17. The fourth-order valence-electron chi connectivity index (χ4n) is 3.05. The van der Waals surface area contributed by atoms with E-state index in [0.717, 1.165) is 44.0 Å². The maximum Gasteiger partial charge on any atom is 0.0586 e. The van der Waals surface area contributed by atoms with Crippen molar-refractivity contribution < 1.29 is 5.21 Å². The minimum Gasteiger partial charge on any atom is -0.411 e. The fraction of sp³-hybridized carbons (Fsp3) is 0.611. The molecule has 3 nitrogen and oxygen atoms in total. The number of nitrogens with zero attached hydrogens (tertiary/aromatic N) is 2. The number of hydrogen-bond acceptors (Lipinski definition) is 3. The minimum atomic E-state index is 0.517. The molecule has 1 aromatic carbocycles. The molecule has 0 spiro atoms. The molecular formula is C18H28N2O. The van der Waals surface area contributed by atoms with Gasteiger partial charge in [-0.25, -0.2) is 0 Å². The van der Waals surface area contributed by atoms with E-state index >= 15 is 0 Å². The van der Waals surface area contributed by atoms with Gasteiger partial charge in [-0.3, -0.25) is 4.90 Å². The zero-order valence-electron chi connectivity index (χ0n) is 13.3. The zero-order valence-corrected chi connectivity index (χ0v) is 13.3. The lowest BCUT2D eigenvalue weighted by atomic mass is 9.91. The molecule has 1 aromatic rings. The van der Waals surface area contributed by atoms with Crippen molar-refractivity contribution in [2.45, 2.75) is 58.5 Å². The van der Waals surface area contributed by atoms with Crippen LogP contribution in [0.3, 0.4) is 0 Å². The summed E-state index contributed by atoms with van der Waals surface area (Å²) in [5.74, 6) is 0.720. The SMILES string of the molecule is CC(C)CCN(Cc1ccccc1)C1CCC/C(=N/O)C1. The van der Waals surface area contributed by atoms with Gasteiger partial charge in [-0.1, -0.05) is 49.3 Å². The summed E-state index contributed by atoms with van der Waals surface area (Å²) in [6.45, 7) is 6.68. The van der Waals surface area contributed by atoms with Crippen molar-refractivity contribution in [3.8, 4) is 0 Å². The highest BCUT2D eigenvalue weighted by Crippen LogP contribution is 2.23. The minimum absolute atomic E-state index is 0.517. The third kappa shape index (κ3) is 5.16. The monoisotopic (exact) mass is 288 g/mol. The van der Waals surface area contributed by atoms with Crippen molar-refractivity contribution in [3.63, 3.8) is 0 Å². The third-order valence-corrected chi connectivity index (χ3v) is 4.35. The Kier molecular flexibility index (Phi) is 6.24. The molecule has 0 saturated heterocycles. The van der Waals surface area contributed by atoms with Crippen LogP contribution < -0.4 is 0 Å². The summed E-state index contributed by atoms with van der Waals surface area (Å²) in [6.07, 6.45) is 5.44. The Morgan fingerprint density at radius 3 is 2.71 bits per heavy atom. The maximum absolute atomic E-state index is 9.07. The Labute approximate surface area is 128 Å². The normalized spacial score (nSPS) is 21.3. The Balaban J connectivity index is 2.04. The lowest BCUT2D eigenvalue weighted by molar-refractivity contribution is 0.163. The molecule has 3 heteroatoms. The second-order valence-electron chi connectivity index (χ2n) is 6.56. The van der Waals surface area contributed by atoms with Crippen molar-refractivity contribution >= 4 is 5.71 Å². The van der Waals surface area contributed by atoms with Crippen LogP contribution in [0.5, 0.6) is 0 Å². The van der Waals surface area contributed by atoms with Crippen LogP contribution in [0.15, 0.2) is 35.5 Å². The van der Waals surface area contributed by atoms with Gasteiger partial charge in [0.25, 0.3) is 0 Å². The molecule has 0 heterocycles. The first kappa shape index (κ1) is 16.0. The summed E-state index contributed by atoms with van der Waals surface area (Å²) in [7, 11) is 0. The van der Waals surface area contributed by atoms with E-state index in [2.05, 4.69) is 54.2 Å². The predicted molar refractivity (Wildman–Crippen MR) is 87.8 cm³/mol. The van der Waals surface area contributed by atoms with Gasteiger partial charge in [0.15, 0.2) is 0 Å². The van der Waals surface area contributed by atoms with Crippen molar-refractivity contribution in [2.75, 3.05) is 6.54 Å². The van der Waals surface area contributed by atoms with Gasteiger partial charge in [0.1, 0.15) is 0 Å². The van der Waals surface area contributed by atoms with E-state index in [1.54, 1.807) is 0 Å². The highest BCUT2D eigenvalue weighted by molar-refractivity contribution is 5.85. The first-order valence-corrected chi connectivity index (χ1v) is 8.17. The Morgan fingerprint density at radius 2 is 2.05 bits per heavy atom. The Morgan fingerprint density at radius 1 is 1.29 bits per heavy atom. The van der Waals surface area contributed by atoms with E-state index in [4.69, 9.17) is 5.21 Å². The van der Waals surface area contributed by atoms with Crippen LogP contribution in [0.25, 0.3) is 0 Å². The van der Waals surface area contributed by atoms with Crippen LogP contribution in [-0.2, 0) is 6.54 Å². The molecule has 0 bridgehead atoms. The largest absolute Gasteiger partial charge is 0.411 e. The number of rotatable bonds is 6. The van der Waals surface area contributed by atoms with Gasteiger partial charge in [0.2, 0.25) is 0 Å². The van der Waals surface area contributed by atoms with Gasteiger partial charge in [-0.05, 0) is 43.7 Å². The molecule has 116 valence electrons. The molecule has 1 atom stereocenters. The predicted octanol–water partition coefficient (Wildman–Crippen LogP) is 4.31. The van der Waals surface area contributed by atoms with E-state index in [1.165, 1.54) is 18.4 Å². The summed E-state index contributed by atoms with van der Waals surface area (Å²) in [4.78, 5) is 2.58. The molecule has 1 N–H and O–H groups in total. The van der Waals surface area contributed by atoms with Crippen LogP contribution in [0.2, 0.25) is 0 Å². The van der Waals surface area contributed by atoms with E-state index in [1.807, 2.05) is 0 Å². The van der Waals surface area contributed by atoms with Crippen molar-refractivity contribution in [2.24, 2.45) is 11.1 Å². The summed E-state index contributed by atoms with van der Waals surface area (Å²) in [6, 6.07) is 11.2. The van der Waals surface area contributed by atoms with Gasteiger partial charge in [0, 0.05) is 19.0 Å². The van der Waals surface area contributed by atoms with Crippen LogP contribution >= 0.6 is 0 Å². The third-order valence-electron chi connectivity index (χ3n) is 4.35. The van der Waals surface area contributed by atoms with Crippen molar-refractivity contribution in [1.82, 2.24) is 4.90 Å². The standard InChI is InChI=1S/C18H28N2O/c1-15(2)11-12-20(14-16-7-4-3-5-8-16)18-10-6-9-17(13-18)19-21/h3-5,7-8,15,18,21H,6,9-14H2,1-2H3/b19-17-. The van der Waals surface area contributed by atoms with Gasteiger partial charge < -0.3 is 5.21 Å². The molecule has 21 heavy (non-hydrogen) atoms. The summed E-state index contributed by atoms with van der Waals surface area (Å²) >= 11 is 0. The fourth-order valence-corrected chi connectivity index (χ4v) is 3.05. The van der Waals surface area contributed by atoms with E-state index in [0.29, 0.717) is 6.04 Å². The highest BCUT2D eigenvalue weighted by atomic mass is 16.4. The summed E-state index contributed by atoms with van der Waals surface area (Å²) < 4.78 is 0. The quantitative estimate of drug-likeness (QED) is 0.625. The zero-order chi connectivity index (χ0) is 15.1. The smallest absolute Gasteiger partial charge is 0.0586 e. The van der Waals surface area contributed by atoms with Crippen LogP contribution in [-0.4, -0.2) is 28.4 Å². The van der Waals surface area contributed by atoms with E-state index in [9.17, 15) is 0 Å². The molecule has 2 rings (SSSR count). The van der Waals surface area contributed by atoms with Crippen molar-refractivity contribution in [3.05, 3.63) is 35.9 Å². The molecule has 0 aliphatic heterocycles. The van der Waals surface area contributed by atoms with Crippen LogP contribution in [0.4, 0.5) is 0 Å². The lowest BCUT2D eigenvalue weighted by Gasteiger charge is -2.35. The number of benzene rings is 1. The van der Waals surface area contributed by atoms with Crippen LogP contribution in [0, 0.1) is 5.92 Å². The molecule has 1 unspecified atom stereocenters. The molecule has 0 aromatic heterocycles. The summed E-state index contributed by atoms with van der Waals surface area (Å²) in [5.41, 5.74) is 2.34. The lowest BCUT2D eigenvalue weighted by Crippen LogP contribution is -2.39. The molecule has 1 saturated carbocycles. The molecular weight excluding hydrogens is 260 g/mol. The molecule has 1 aliphatic rings. The maximum atomic E-state index is 9.07. The molecule has 1 fully saturated rings. The highest BCUT2D eigenvalue weighted by Gasteiger charge is 2.24. The number of oxime groups is 1. The van der Waals surface area contributed by atoms with Gasteiger partial charge in [-0.15, -0.1) is 0 Å². The topological polar surface area (TPSA) is 35.8 Å². The van der Waals surface area contributed by atoms with Gasteiger partial charge >= 0.3 is 0 Å². The second-order valence-corrected chi connectivity index (χ2v) is 6.56. The second kappa shape index (κ2) is 8.18. The molecule has 0 radical (unpaired) electrons. The van der Waals surface area contributed by atoms with Crippen molar-refractivity contribution in [1.29, 1.82) is 0 Å². The Bertz CT molecular complexity index is 442. The van der Waals surface area contributed by atoms with Gasteiger partial charge in [-0.2, -0.15) is 0 Å². The molecule has 0 amide bonds. The van der Waals surface area contributed by atoms with Gasteiger partial charge in [0.05, 0.1) is 5.71 Å². The average molecular weight is 288 g/mol. The van der Waals surface area contributed by atoms with Crippen LogP contribution in [0.1, 0.15) is 51.5 Å². The summed E-state index contributed by atoms with van der Waals surface area (Å²) in [5, 5.41) is 12.5. The average Bonchev–Trinajstić information content (AvgIpc) is 2.52. The Hall–Kier alpha value is -1.35. The number of hydrogen-bond donors (Lipinski definition) is 1. The van der Waals surface area contributed by atoms with E-state index in [-0.39, 0.29) is 0 Å². The van der Waals surface area contributed by atoms with E-state index < -0.39 is 0 Å². The first-order chi connectivity index (χ1) is 10.2.